The number of rotatable bonds is 6. The Morgan fingerprint density at radius 1 is 1.28 bits per heavy atom. The predicted octanol–water partition coefficient (Wildman–Crippen LogP) is 1.31. The molecule has 0 unspecified atom stereocenters. The molecule has 0 aliphatic rings. The smallest absolute Gasteiger partial charge is 0.242 e. The molecule has 18 heavy (non-hydrogen) atoms. The fraction of sp³-hybridized carbons (Fsp3) is 0.545. The highest BCUT2D eigenvalue weighted by molar-refractivity contribution is 7.89. The van der Waals surface area contributed by atoms with E-state index in [4.69, 9.17) is 11.6 Å². The standard InChI is InChI=1S/C11H18ClN3O2S/c1-14(2)7-4-8-15(3)18(16,17)10-5-6-13-11(12)9-10/h5-6,9H,4,7-8H2,1-3H3. The van der Waals surface area contributed by atoms with Gasteiger partial charge in [0.15, 0.2) is 0 Å². The van der Waals surface area contributed by atoms with Gasteiger partial charge in [0.25, 0.3) is 0 Å². The predicted molar refractivity (Wildman–Crippen MR) is 72.2 cm³/mol. The third-order valence-corrected chi connectivity index (χ3v) is 4.54. The molecule has 0 saturated heterocycles. The summed E-state index contributed by atoms with van der Waals surface area (Å²) < 4.78 is 25.7. The first-order valence-electron chi connectivity index (χ1n) is 5.56. The van der Waals surface area contributed by atoms with E-state index in [1.807, 2.05) is 19.0 Å². The molecular formula is C11H18ClN3O2S. The summed E-state index contributed by atoms with van der Waals surface area (Å²) >= 11 is 5.70. The normalized spacial score (nSPS) is 12.3. The highest BCUT2D eigenvalue weighted by Gasteiger charge is 2.20. The molecule has 1 heterocycles. The quantitative estimate of drug-likeness (QED) is 0.742. The molecule has 5 nitrogen and oxygen atoms in total. The number of nitrogens with zero attached hydrogens (tertiary/aromatic N) is 3. The Morgan fingerprint density at radius 3 is 2.50 bits per heavy atom. The van der Waals surface area contributed by atoms with Crippen molar-refractivity contribution in [1.82, 2.24) is 14.2 Å². The Morgan fingerprint density at radius 2 is 1.94 bits per heavy atom. The van der Waals surface area contributed by atoms with Crippen LogP contribution in [0.1, 0.15) is 6.42 Å². The monoisotopic (exact) mass is 291 g/mol. The van der Waals surface area contributed by atoms with Gasteiger partial charge in [-0.05, 0) is 39.2 Å². The van der Waals surface area contributed by atoms with Crippen molar-refractivity contribution in [3.05, 3.63) is 23.5 Å². The van der Waals surface area contributed by atoms with Gasteiger partial charge in [0.1, 0.15) is 5.15 Å². The summed E-state index contributed by atoms with van der Waals surface area (Å²) in [7, 11) is 2.01. The third kappa shape index (κ3) is 4.20. The third-order valence-electron chi connectivity index (χ3n) is 2.48. The summed E-state index contributed by atoms with van der Waals surface area (Å²) in [6.07, 6.45) is 2.17. The number of aromatic nitrogens is 1. The summed E-state index contributed by atoms with van der Waals surface area (Å²) in [5.74, 6) is 0. The Bertz CT molecular complexity index is 491. The van der Waals surface area contributed by atoms with Crippen LogP contribution in [0.3, 0.4) is 0 Å². The van der Waals surface area contributed by atoms with Crippen molar-refractivity contribution in [2.75, 3.05) is 34.2 Å². The fourth-order valence-corrected chi connectivity index (χ4v) is 2.92. The van der Waals surface area contributed by atoms with Crippen molar-refractivity contribution in [2.45, 2.75) is 11.3 Å². The fourth-order valence-electron chi connectivity index (χ4n) is 1.45. The molecule has 1 aromatic heterocycles. The zero-order valence-electron chi connectivity index (χ0n) is 10.8. The molecule has 0 N–H and O–H groups in total. The van der Waals surface area contributed by atoms with E-state index in [-0.39, 0.29) is 10.0 Å². The van der Waals surface area contributed by atoms with E-state index in [9.17, 15) is 8.42 Å². The van der Waals surface area contributed by atoms with E-state index in [1.165, 1.54) is 22.6 Å². The highest BCUT2D eigenvalue weighted by atomic mass is 35.5. The first kappa shape index (κ1) is 15.4. The lowest BCUT2D eigenvalue weighted by atomic mass is 10.4. The SMILES string of the molecule is CN(C)CCCN(C)S(=O)(=O)c1ccnc(Cl)c1. The Labute approximate surface area is 113 Å². The van der Waals surface area contributed by atoms with E-state index in [2.05, 4.69) is 4.98 Å². The minimum Gasteiger partial charge on any atom is -0.309 e. The molecule has 0 radical (unpaired) electrons. The minimum atomic E-state index is -3.47. The summed E-state index contributed by atoms with van der Waals surface area (Å²) in [4.78, 5) is 5.97. The van der Waals surface area contributed by atoms with Gasteiger partial charge in [-0.25, -0.2) is 17.7 Å². The van der Waals surface area contributed by atoms with Crippen LogP contribution in [0.5, 0.6) is 0 Å². The molecular weight excluding hydrogens is 274 g/mol. The second-order valence-corrected chi connectivity index (χ2v) is 6.73. The molecule has 0 saturated carbocycles. The van der Waals surface area contributed by atoms with Gasteiger partial charge in [0.2, 0.25) is 10.0 Å². The number of sulfonamides is 1. The first-order valence-corrected chi connectivity index (χ1v) is 7.38. The average Bonchev–Trinajstić information content (AvgIpc) is 2.28. The Kier molecular flexibility index (Phi) is 5.52. The van der Waals surface area contributed by atoms with Crippen molar-refractivity contribution in [3.8, 4) is 0 Å². The molecule has 0 amide bonds. The van der Waals surface area contributed by atoms with Crippen LogP contribution in [-0.4, -0.2) is 56.8 Å². The van der Waals surface area contributed by atoms with E-state index >= 15 is 0 Å². The van der Waals surface area contributed by atoms with Crippen LogP contribution in [0.2, 0.25) is 5.15 Å². The zero-order chi connectivity index (χ0) is 13.8. The number of hydrogen-bond acceptors (Lipinski definition) is 4. The summed E-state index contributed by atoms with van der Waals surface area (Å²) in [5.41, 5.74) is 0. The number of hydrogen-bond donors (Lipinski definition) is 0. The van der Waals surface area contributed by atoms with Crippen LogP contribution < -0.4 is 0 Å². The Hall–Kier alpha value is -0.690. The maximum Gasteiger partial charge on any atom is 0.242 e. The van der Waals surface area contributed by atoms with Crippen LogP contribution >= 0.6 is 11.6 Å². The van der Waals surface area contributed by atoms with Gasteiger partial charge >= 0.3 is 0 Å². The summed E-state index contributed by atoms with van der Waals surface area (Å²) in [6, 6.07) is 2.81. The van der Waals surface area contributed by atoms with Crippen LogP contribution in [0, 0.1) is 0 Å². The van der Waals surface area contributed by atoms with Gasteiger partial charge in [-0.2, -0.15) is 0 Å². The second-order valence-electron chi connectivity index (χ2n) is 4.30. The van der Waals surface area contributed by atoms with Gasteiger partial charge in [-0.15, -0.1) is 0 Å². The zero-order valence-corrected chi connectivity index (χ0v) is 12.4. The number of pyridine rings is 1. The molecule has 0 aromatic carbocycles. The van der Waals surface area contributed by atoms with Crippen molar-refractivity contribution < 1.29 is 8.42 Å². The van der Waals surface area contributed by atoms with E-state index in [0.717, 1.165) is 13.0 Å². The molecule has 7 heteroatoms. The second kappa shape index (κ2) is 6.47. The first-order chi connectivity index (χ1) is 8.34. The maximum absolute atomic E-state index is 12.2. The van der Waals surface area contributed by atoms with Gasteiger partial charge in [-0.3, -0.25) is 0 Å². The van der Waals surface area contributed by atoms with Gasteiger partial charge in [-0.1, -0.05) is 11.6 Å². The lowest BCUT2D eigenvalue weighted by Gasteiger charge is -2.18. The summed E-state index contributed by atoms with van der Waals surface area (Å²) in [6.45, 7) is 1.32. The van der Waals surface area contributed by atoms with Gasteiger partial charge < -0.3 is 4.90 Å². The number of halogens is 1. The van der Waals surface area contributed by atoms with Crippen molar-refractivity contribution >= 4 is 21.6 Å². The van der Waals surface area contributed by atoms with Gasteiger partial charge in [0.05, 0.1) is 4.90 Å². The molecule has 0 bridgehead atoms. The molecule has 0 aliphatic heterocycles. The lowest BCUT2D eigenvalue weighted by molar-refractivity contribution is 0.370. The summed E-state index contributed by atoms with van der Waals surface area (Å²) in [5, 5.41) is 0.178. The molecule has 1 rings (SSSR count). The van der Waals surface area contributed by atoms with Crippen LogP contribution in [0.4, 0.5) is 0 Å². The minimum absolute atomic E-state index is 0.176. The lowest BCUT2D eigenvalue weighted by Crippen LogP contribution is -2.29. The molecule has 1 aromatic rings. The van der Waals surface area contributed by atoms with E-state index in [1.54, 1.807) is 7.05 Å². The maximum atomic E-state index is 12.2. The van der Waals surface area contributed by atoms with Gasteiger partial charge in [0, 0.05) is 19.8 Å². The van der Waals surface area contributed by atoms with Crippen molar-refractivity contribution in [2.24, 2.45) is 0 Å². The van der Waals surface area contributed by atoms with E-state index in [0.29, 0.717) is 6.54 Å². The molecule has 0 aliphatic carbocycles. The molecule has 0 fully saturated rings. The molecule has 0 spiro atoms. The average molecular weight is 292 g/mol. The Balaban J connectivity index is 2.74. The van der Waals surface area contributed by atoms with E-state index < -0.39 is 10.0 Å². The highest BCUT2D eigenvalue weighted by Crippen LogP contribution is 2.16. The molecule has 0 atom stereocenters. The largest absolute Gasteiger partial charge is 0.309 e. The van der Waals surface area contributed by atoms with Crippen molar-refractivity contribution in [1.29, 1.82) is 0 Å². The van der Waals surface area contributed by atoms with Crippen molar-refractivity contribution in [3.63, 3.8) is 0 Å². The van der Waals surface area contributed by atoms with Crippen LogP contribution in [0.25, 0.3) is 0 Å². The van der Waals surface area contributed by atoms with Crippen LogP contribution in [-0.2, 0) is 10.0 Å². The topological polar surface area (TPSA) is 53.5 Å². The molecule has 102 valence electrons. The van der Waals surface area contributed by atoms with Crippen LogP contribution in [0.15, 0.2) is 23.2 Å².